The average molecular weight is 407 g/mol. The fraction of sp³-hybridized carbons (Fsp3) is 0.182. The van der Waals surface area contributed by atoms with Gasteiger partial charge >= 0.3 is 0 Å². The van der Waals surface area contributed by atoms with E-state index in [1.54, 1.807) is 24.3 Å². The third-order valence-corrected chi connectivity index (χ3v) is 5.37. The van der Waals surface area contributed by atoms with E-state index in [2.05, 4.69) is 20.6 Å². The van der Waals surface area contributed by atoms with Gasteiger partial charge in [0.05, 0.1) is 11.7 Å². The third-order valence-electron chi connectivity index (χ3n) is 5.14. The van der Waals surface area contributed by atoms with E-state index >= 15 is 0 Å². The minimum absolute atomic E-state index is 0.227. The fourth-order valence-corrected chi connectivity index (χ4v) is 3.61. The molecule has 146 valence electrons. The van der Waals surface area contributed by atoms with Gasteiger partial charge in [0.15, 0.2) is 0 Å². The molecule has 0 aliphatic heterocycles. The van der Waals surface area contributed by atoms with Crippen molar-refractivity contribution in [3.05, 3.63) is 89.0 Å². The van der Waals surface area contributed by atoms with E-state index in [1.165, 1.54) is 18.6 Å². The van der Waals surface area contributed by atoms with Gasteiger partial charge in [0.1, 0.15) is 5.69 Å². The number of benzene rings is 2. The highest BCUT2D eigenvalue weighted by Crippen LogP contribution is 2.41. The molecule has 1 aromatic heterocycles. The Morgan fingerprint density at radius 1 is 1.00 bits per heavy atom. The Balaban J connectivity index is 1.47. The van der Waals surface area contributed by atoms with Crippen LogP contribution in [0.15, 0.2) is 67.1 Å². The van der Waals surface area contributed by atoms with Gasteiger partial charge in [0.2, 0.25) is 0 Å². The molecule has 4 rings (SSSR count). The first-order chi connectivity index (χ1) is 14.1. The maximum atomic E-state index is 12.5. The van der Waals surface area contributed by atoms with Crippen LogP contribution in [0.3, 0.4) is 0 Å². The highest BCUT2D eigenvalue weighted by Gasteiger charge is 2.40. The zero-order chi connectivity index (χ0) is 20.3. The number of anilines is 1. The smallest absolute Gasteiger partial charge is 0.272 e. The van der Waals surface area contributed by atoms with Crippen LogP contribution in [0, 0.1) is 0 Å². The number of nitrogens with one attached hydrogen (secondary N) is 2. The summed E-state index contributed by atoms with van der Waals surface area (Å²) < 4.78 is 0. The molecule has 0 bridgehead atoms. The molecule has 6 nitrogen and oxygen atoms in total. The lowest BCUT2D eigenvalue weighted by atomic mass is 9.71. The average Bonchev–Trinajstić information content (AvgIpc) is 2.72. The van der Waals surface area contributed by atoms with Gasteiger partial charge in [-0.2, -0.15) is 0 Å². The van der Waals surface area contributed by atoms with Crippen LogP contribution in [-0.2, 0) is 5.54 Å². The summed E-state index contributed by atoms with van der Waals surface area (Å²) in [6, 6.07) is 14.3. The van der Waals surface area contributed by atoms with Crippen LogP contribution in [0.25, 0.3) is 0 Å². The zero-order valence-corrected chi connectivity index (χ0v) is 16.3. The van der Waals surface area contributed by atoms with Crippen LogP contribution >= 0.6 is 11.6 Å². The maximum absolute atomic E-state index is 12.5. The molecule has 0 unspecified atom stereocenters. The zero-order valence-electron chi connectivity index (χ0n) is 15.6. The number of hydrogen-bond donors (Lipinski definition) is 2. The summed E-state index contributed by atoms with van der Waals surface area (Å²) in [7, 11) is 0. The van der Waals surface area contributed by atoms with Gasteiger partial charge in [-0.15, -0.1) is 0 Å². The van der Waals surface area contributed by atoms with Gasteiger partial charge in [-0.05, 0) is 55.2 Å². The monoisotopic (exact) mass is 406 g/mol. The molecule has 29 heavy (non-hydrogen) atoms. The molecule has 1 saturated carbocycles. The molecule has 2 aromatic carbocycles. The lowest BCUT2D eigenvalue weighted by molar-refractivity contribution is 0.0817. The van der Waals surface area contributed by atoms with Gasteiger partial charge in [-0.3, -0.25) is 14.6 Å². The van der Waals surface area contributed by atoms with E-state index in [0.29, 0.717) is 22.0 Å². The number of rotatable bonds is 5. The number of amides is 2. The first-order valence-corrected chi connectivity index (χ1v) is 9.70. The summed E-state index contributed by atoms with van der Waals surface area (Å²) in [5, 5.41) is 6.49. The number of halogens is 1. The van der Waals surface area contributed by atoms with Crippen LogP contribution in [0.4, 0.5) is 5.69 Å². The first-order valence-electron chi connectivity index (χ1n) is 9.32. The van der Waals surface area contributed by atoms with Crippen LogP contribution in [0.2, 0.25) is 5.02 Å². The van der Waals surface area contributed by atoms with Gasteiger partial charge in [-0.1, -0.05) is 29.8 Å². The molecule has 2 N–H and O–H groups in total. The quantitative estimate of drug-likeness (QED) is 0.665. The Bertz CT molecular complexity index is 1030. The molecule has 1 aliphatic carbocycles. The molecular formula is C22H19ClN4O2. The Morgan fingerprint density at radius 3 is 2.41 bits per heavy atom. The second-order valence-electron chi connectivity index (χ2n) is 7.02. The predicted molar refractivity (Wildman–Crippen MR) is 111 cm³/mol. The van der Waals surface area contributed by atoms with Crippen LogP contribution < -0.4 is 10.6 Å². The van der Waals surface area contributed by atoms with Gasteiger partial charge in [0.25, 0.3) is 11.8 Å². The molecule has 2 amide bonds. The van der Waals surface area contributed by atoms with Crippen LogP contribution in [0.5, 0.6) is 0 Å². The molecule has 0 saturated heterocycles. The van der Waals surface area contributed by atoms with Gasteiger partial charge in [-0.25, -0.2) is 4.98 Å². The van der Waals surface area contributed by atoms with E-state index in [9.17, 15) is 9.59 Å². The number of nitrogens with zero attached hydrogens (tertiary/aromatic N) is 2. The molecule has 0 atom stereocenters. The van der Waals surface area contributed by atoms with Crippen LogP contribution in [-0.4, -0.2) is 21.8 Å². The third kappa shape index (κ3) is 4.12. The van der Waals surface area contributed by atoms with Crippen molar-refractivity contribution in [2.75, 3.05) is 5.32 Å². The summed E-state index contributed by atoms with van der Waals surface area (Å²) in [6.07, 6.45) is 7.23. The summed E-state index contributed by atoms with van der Waals surface area (Å²) in [5.74, 6) is -0.467. The molecule has 1 fully saturated rings. The molecule has 0 spiro atoms. The van der Waals surface area contributed by atoms with Crippen molar-refractivity contribution in [1.82, 2.24) is 15.3 Å². The van der Waals surface area contributed by atoms with Crippen molar-refractivity contribution in [1.29, 1.82) is 0 Å². The predicted octanol–water partition coefficient (Wildman–Crippen LogP) is 4.19. The summed E-state index contributed by atoms with van der Waals surface area (Å²) >= 11 is 5.95. The van der Waals surface area contributed by atoms with Crippen molar-refractivity contribution >= 4 is 29.1 Å². The molecule has 0 radical (unpaired) electrons. The van der Waals surface area contributed by atoms with Gasteiger partial charge < -0.3 is 10.6 Å². The SMILES string of the molecule is O=C(Nc1ccc(C2(NC(=O)c3cnccn3)CCC2)cc1)c1cccc(Cl)c1. The van der Waals surface area contributed by atoms with E-state index in [-0.39, 0.29) is 11.8 Å². The number of hydrogen-bond acceptors (Lipinski definition) is 4. The summed E-state index contributed by atoms with van der Waals surface area (Å²) in [6.45, 7) is 0. The normalized spacial score (nSPS) is 14.5. The second kappa shape index (κ2) is 8.01. The summed E-state index contributed by atoms with van der Waals surface area (Å²) in [4.78, 5) is 32.9. The standard InChI is InChI=1S/C22H19ClN4O2/c23-17-4-1-3-15(13-17)20(28)26-18-7-5-16(6-8-18)22(9-2-10-22)27-21(29)19-14-24-11-12-25-19/h1,3-8,11-14H,2,9-10H2,(H,26,28)(H,27,29). The first kappa shape index (κ1) is 19.1. The van der Waals surface area contributed by atoms with Crippen molar-refractivity contribution in [3.8, 4) is 0 Å². The van der Waals surface area contributed by atoms with E-state index < -0.39 is 5.54 Å². The molecule has 1 aliphatic rings. The van der Waals surface area contributed by atoms with Crippen molar-refractivity contribution in [2.24, 2.45) is 0 Å². The Labute approximate surface area is 173 Å². The summed E-state index contributed by atoms with van der Waals surface area (Å²) in [5.41, 5.74) is 2.05. The van der Waals surface area contributed by atoms with Gasteiger partial charge in [0, 0.05) is 28.7 Å². The van der Waals surface area contributed by atoms with Crippen molar-refractivity contribution < 1.29 is 9.59 Å². The highest BCUT2D eigenvalue weighted by molar-refractivity contribution is 6.31. The van der Waals surface area contributed by atoms with E-state index in [4.69, 9.17) is 11.6 Å². The number of carbonyl (C=O) groups is 2. The molecule has 3 aromatic rings. The van der Waals surface area contributed by atoms with E-state index in [0.717, 1.165) is 24.8 Å². The maximum Gasteiger partial charge on any atom is 0.272 e. The van der Waals surface area contributed by atoms with Crippen molar-refractivity contribution in [3.63, 3.8) is 0 Å². The second-order valence-corrected chi connectivity index (χ2v) is 7.46. The van der Waals surface area contributed by atoms with E-state index in [1.807, 2.05) is 24.3 Å². The number of aromatic nitrogens is 2. The topological polar surface area (TPSA) is 84.0 Å². The largest absolute Gasteiger partial charge is 0.341 e. The fourth-order valence-electron chi connectivity index (χ4n) is 3.42. The Kier molecular flexibility index (Phi) is 5.27. The number of carbonyl (C=O) groups excluding carboxylic acids is 2. The minimum Gasteiger partial charge on any atom is -0.341 e. The molecular weight excluding hydrogens is 388 g/mol. The lowest BCUT2D eigenvalue weighted by Crippen LogP contribution is -2.51. The Hall–Kier alpha value is -3.25. The van der Waals surface area contributed by atoms with Crippen LogP contribution in [0.1, 0.15) is 45.7 Å². The Morgan fingerprint density at radius 2 is 1.79 bits per heavy atom. The minimum atomic E-state index is -0.413. The van der Waals surface area contributed by atoms with Crippen molar-refractivity contribution in [2.45, 2.75) is 24.8 Å². The lowest BCUT2D eigenvalue weighted by Gasteiger charge is -2.43. The molecule has 1 heterocycles. The highest BCUT2D eigenvalue weighted by atomic mass is 35.5. The molecule has 7 heteroatoms.